The predicted octanol–water partition coefficient (Wildman–Crippen LogP) is 3.74. The molecule has 0 amide bonds. The summed E-state index contributed by atoms with van der Waals surface area (Å²) in [5.41, 5.74) is -0.248. The second-order valence-electron chi connectivity index (χ2n) is 4.20. The highest BCUT2D eigenvalue weighted by Crippen LogP contribution is 2.28. The van der Waals surface area contributed by atoms with Gasteiger partial charge in [-0.3, -0.25) is 4.79 Å². The number of Topliss-reactive ketones (excluding diaryl/α,β-unsaturated/α-hetero) is 1. The van der Waals surface area contributed by atoms with E-state index in [0.717, 1.165) is 0 Å². The SMILES string of the molecule is CCOC(C)(CC)C(=O)c1ccc(Cl)c(OC)c1. The van der Waals surface area contributed by atoms with Crippen molar-refractivity contribution >= 4 is 17.4 Å². The standard InChI is InChI=1S/C14H19ClO3/c1-5-14(3,18-6-2)13(16)10-7-8-11(15)12(9-10)17-4/h7-9H,5-6H2,1-4H3. The van der Waals surface area contributed by atoms with Crippen LogP contribution in [0, 0.1) is 0 Å². The zero-order valence-electron chi connectivity index (χ0n) is 11.2. The maximum absolute atomic E-state index is 12.4. The fourth-order valence-corrected chi connectivity index (χ4v) is 1.95. The number of benzene rings is 1. The highest BCUT2D eigenvalue weighted by molar-refractivity contribution is 6.32. The van der Waals surface area contributed by atoms with E-state index in [0.29, 0.717) is 29.4 Å². The highest BCUT2D eigenvalue weighted by Gasteiger charge is 2.32. The molecule has 0 aliphatic carbocycles. The number of halogens is 1. The molecule has 0 bridgehead atoms. The molecule has 4 heteroatoms. The number of ketones is 1. The first-order chi connectivity index (χ1) is 8.48. The van der Waals surface area contributed by atoms with Gasteiger partial charge in [-0.25, -0.2) is 0 Å². The molecule has 0 heterocycles. The minimum absolute atomic E-state index is 0.0539. The molecule has 0 saturated heterocycles. The quantitative estimate of drug-likeness (QED) is 0.739. The molecule has 3 nitrogen and oxygen atoms in total. The Morgan fingerprint density at radius 2 is 2.06 bits per heavy atom. The lowest BCUT2D eigenvalue weighted by atomic mass is 9.92. The Bertz CT molecular complexity index is 431. The summed E-state index contributed by atoms with van der Waals surface area (Å²) in [4.78, 5) is 12.4. The zero-order valence-corrected chi connectivity index (χ0v) is 12.0. The van der Waals surface area contributed by atoms with E-state index in [-0.39, 0.29) is 5.78 Å². The topological polar surface area (TPSA) is 35.5 Å². The summed E-state index contributed by atoms with van der Waals surface area (Å²) in [6.45, 7) is 6.12. The van der Waals surface area contributed by atoms with Gasteiger partial charge in [0.2, 0.25) is 0 Å². The molecular weight excluding hydrogens is 252 g/mol. The summed E-state index contributed by atoms with van der Waals surface area (Å²) in [6, 6.07) is 5.01. The molecule has 1 aromatic rings. The number of ether oxygens (including phenoxy) is 2. The minimum atomic E-state index is -0.798. The fourth-order valence-electron chi connectivity index (χ4n) is 1.75. The molecule has 1 rings (SSSR count). The first kappa shape index (κ1) is 15.0. The summed E-state index contributed by atoms with van der Waals surface area (Å²) in [6.07, 6.45) is 0.616. The number of carbonyl (C=O) groups excluding carboxylic acids is 1. The van der Waals surface area contributed by atoms with Crippen molar-refractivity contribution in [2.24, 2.45) is 0 Å². The van der Waals surface area contributed by atoms with Gasteiger partial charge in [0.05, 0.1) is 12.1 Å². The Kier molecular flexibility index (Phi) is 5.17. The van der Waals surface area contributed by atoms with Crippen molar-refractivity contribution in [3.8, 4) is 5.75 Å². The summed E-state index contributed by atoms with van der Waals surface area (Å²) < 4.78 is 10.7. The van der Waals surface area contributed by atoms with Crippen LogP contribution < -0.4 is 4.74 Å². The van der Waals surface area contributed by atoms with E-state index in [1.165, 1.54) is 7.11 Å². The number of methoxy groups -OCH3 is 1. The van der Waals surface area contributed by atoms with Crippen molar-refractivity contribution in [3.63, 3.8) is 0 Å². The van der Waals surface area contributed by atoms with Crippen LogP contribution in [0.25, 0.3) is 0 Å². The van der Waals surface area contributed by atoms with Crippen LogP contribution in [-0.2, 0) is 4.74 Å². The van der Waals surface area contributed by atoms with Crippen LogP contribution in [0.5, 0.6) is 5.75 Å². The maximum atomic E-state index is 12.4. The lowest BCUT2D eigenvalue weighted by Crippen LogP contribution is -2.37. The molecule has 100 valence electrons. The lowest BCUT2D eigenvalue weighted by Gasteiger charge is -2.26. The third-order valence-electron chi connectivity index (χ3n) is 3.03. The molecule has 18 heavy (non-hydrogen) atoms. The van der Waals surface area contributed by atoms with E-state index < -0.39 is 5.60 Å². The van der Waals surface area contributed by atoms with Crippen molar-refractivity contribution < 1.29 is 14.3 Å². The molecule has 0 aliphatic heterocycles. The molecule has 0 radical (unpaired) electrons. The van der Waals surface area contributed by atoms with Gasteiger partial charge in [0, 0.05) is 12.2 Å². The van der Waals surface area contributed by atoms with Crippen LogP contribution in [0.4, 0.5) is 0 Å². The van der Waals surface area contributed by atoms with Crippen LogP contribution >= 0.6 is 11.6 Å². The van der Waals surface area contributed by atoms with Gasteiger partial charge < -0.3 is 9.47 Å². The summed E-state index contributed by atoms with van der Waals surface area (Å²) >= 11 is 5.94. The smallest absolute Gasteiger partial charge is 0.194 e. The molecule has 0 aromatic heterocycles. The van der Waals surface area contributed by atoms with Crippen molar-refractivity contribution in [3.05, 3.63) is 28.8 Å². The van der Waals surface area contributed by atoms with Gasteiger partial charge in [0.15, 0.2) is 5.78 Å². The summed E-state index contributed by atoms with van der Waals surface area (Å²) in [5, 5.41) is 0.490. The predicted molar refractivity (Wildman–Crippen MR) is 72.7 cm³/mol. The van der Waals surface area contributed by atoms with E-state index in [9.17, 15) is 4.79 Å². The second-order valence-corrected chi connectivity index (χ2v) is 4.60. The molecule has 0 fully saturated rings. The normalized spacial score (nSPS) is 14.1. The Balaban J connectivity index is 3.09. The Hall–Kier alpha value is -1.06. The monoisotopic (exact) mass is 270 g/mol. The molecule has 1 aromatic carbocycles. The van der Waals surface area contributed by atoms with E-state index in [2.05, 4.69) is 0 Å². The molecular formula is C14H19ClO3. The number of carbonyl (C=O) groups is 1. The van der Waals surface area contributed by atoms with E-state index in [1.54, 1.807) is 25.1 Å². The van der Waals surface area contributed by atoms with Gasteiger partial charge in [0.1, 0.15) is 11.4 Å². The molecule has 0 aliphatic rings. The van der Waals surface area contributed by atoms with Crippen LogP contribution in [0.3, 0.4) is 0 Å². The lowest BCUT2D eigenvalue weighted by molar-refractivity contribution is -0.0116. The largest absolute Gasteiger partial charge is 0.495 e. The molecule has 0 N–H and O–H groups in total. The number of hydrogen-bond acceptors (Lipinski definition) is 3. The third-order valence-corrected chi connectivity index (χ3v) is 3.34. The van der Waals surface area contributed by atoms with Crippen LogP contribution in [0.1, 0.15) is 37.6 Å². The molecule has 1 atom stereocenters. The van der Waals surface area contributed by atoms with Crippen molar-refractivity contribution in [2.75, 3.05) is 13.7 Å². The van der Waals surface area contributed by atoms with Crippen molar-refractivity contribution in [2.45, 2.75) is 32.8 Å². The molecule has 0 spiro atoms. The minimum Gasteiger partial charge on any atom is -0.495 e. The molecule has 0 saturated carbocycles. The average Bonchev–Trinajstić information content (AvgIpc) is 2.38. The van der Waals surface area contributed by atoms with E-state index in [1.807, 2.05) is 13.8 Å². The van der Waals surface area contributed by atoms with Crippen LogP contribution in [0.2, 0.25) is 5.02 Å². The first-order valence-electron chi connectivity index (χ1n) is 6.00. The summed E-state index contributed by atoms with van der Waals surface area (Å²) in [7, 11) is 1.52. The van der Waals surface area contributed by atoms with E-state index in [4.69, 9.17) is 21.1 Å². The van der Waals surface area contributed by atoms with E-state index >= 15 is 0 Å². The zero-order chi connectivity index (χ0) is 13.8. The average molecular weight is 271 g/mol. The van der Waals surface area contributed by atoms with Gasteiger partial charge in [-0.05, 0) is 38.5 Å². The second kappa shape index (κ2) is 6.21. The summed E-state index contributed by atoms with van der Waals surface area (Å²) in [5.74, 6) is 0.444. The fraction of sp³-hybridized carbons (Fsp3) is 0.500. The molecule has 1 unspecified atom stereocenters. The van der Waals surface area contributed by atoms with Crippen molar-refractivity contribution in [1.29, 1.82) is 0 Å². The first-order valence-corrected chi connectivity index (χ1v) is 6.38. The van der Waals surface area contributed by atoms with Crippen molar-refractivity contribution in [1.82, 2.24) is 0 Å². The highest BCUT2D eigenvalue weighted by atomic mass is 35.5. The van der Waals surface area contributed by atoms with Crippen LogP contribution in [0.15, 0.2) is 18.2 Å². The number of rotatable bonds is 6. The van der Waals surface area contributed by atoms with Crippen LogP contribution in [-0.4, -0.2) is 25.1 Å². The van der Waals surface area contributed by atoms with Gasteiger partial charge in [-0.15, -0.1) is 0 Å². The maximum Gasteiger partial charge on any atom is 0.194 e. The van der Waals surface area contributed by atoms with Gasteiger partial charge in [-0.2, -0.15) is 0 Å². The van der Waals surface area contributed by atoms with Gasteiger partial charge in [0.25, 0.3) is 0 Å². The van der Waals surface area contributed by atoms with Gasteiger partial charge >= 0.3 is 0 Å². The van der Waals surface area contributed by atoms with Gasteiger partial charge in [-0.1, -0.05) is 18.5 Å². The number of hydrogen-bond donors (Lipinski definition) is 0. The Labute approximate surface area is 113 Å². The third kappa shape index (κ3) is 3.03. The Morgan fingerprint density at radius 3 is 2.56 bits per heavy atom. The Morgan fingerprint density at radius 1 is 1.39 bits per heavy atom.